The number of nitro groups is 1. The van der Waals surface area contributed by atoms with Crippen LogP contribution in [0, 0.1) is 10.1 Å². The van der Waals surface area contributed by atoms with Gasteiger partial charge in [0.2, 0.25) is 0 Å². The van der Waals surface area contributed by atoms with Crippen LogP contribution in [0.3, 0.4) is 0 Å². The van der Waals surface area contributed by atoms with Gasteiger partial charge in [0.05, 0.1) is 26.8 Å². The van der Waals surface area contributed by atoms with Gasteiger partial charge in [-0.2, -0.15) is 0 Å². The largest absolute Gasteiger partial charge is 0.337 e. The smallest absolute Gasteiger partial charge is 0.270 e. The molecule has 3 rings (SSSR count). The van der Waals surface area contributed by atoms with Crippen LogP contribution in [-0.2, 0) is 6.54 Å². The Morgan fingerprint density at radius 1 is 1.00 bits per heavy atom. The Morgan fingerprint density at radius 2 is 1.68 bits per heavy atom. The van der Waals surface area contributed by atoms with Crippen molar-refractivity contribution in [1.29, 1.82) is 0 Å². The number of nitrogens with zero attached hydrogens (tertiary/aromatic N) is 2. The SMILES string of the molecule is CN(Cc1ccc(Cl)cc1)C(=O)c1ccccc1NC(=O)c1ccc([N+](=O)[O-])cc1Cl. The van der Waals surface area contributed by atoms with Crippen LogP contribution >= 0.6 is 23.2 Å². The van der Waals surface area contributed by atoms with Gasteiger partial charge in [0.1, 0.15) is 0 Å². The Morgan fingerprint density at radius 3 is 2.32 bits per heavy atom. The summed E-state index contributed by atoms with van der Waals surface area (Å²) in [5, 5.41) is 14.1. The molecule has 0 radical (unpaired) electrons. The first-order valence-corrected chi connectivity index (χ1v) is 9.86. The zero-order chi connectivity index (χ0) is 22.5. The number of carbonyl (C=O) groups excluding carboxylic acids is 2. The zero-order valence-electron chi connectivity index (χ0n) is 16.3. The monoisotopic (exact) mass is 457 g/mol. The van der Waals surface area contributed by atoms with E-state index in [-0.39, 0.29) is 22.2 Å². The van der Waals surface area contributed by atoms with Gasteiger partial charge < -0.3 is 10.2 Å². The average molecular weight is 458 g/mol. The second-order valence-corrected chi connectivity index (χ2v) is 7.55. The van der Waals surface area contributed by atoms with E-state index in [4.69, 9.17) is 23.2 Å². The summed E-state index contributed by atoms with van der Waals surface area (Å²) in [6, 6.07) is 17.3. The molecule has 0 spiro atoms. The summed E-state index contributed by atoms with van der Waals surface area (Å²) < 4.78 is 0. The van der Waals surface area contributed by atoms with Crippen molar-refractivity contribution < 1.29 is 14.5 Å². The summed E-state index contributed by atoms with van der Waals surface area (Å²) in [6.45, 7) is 0.354. The molecule has 158 valence electrons. The maximum atomic E-state index is 13.0. The molecule has 0 aliphatic heterocycles. The Hall–Kier alpha value is -3.42. The molecule has 31 heavy (non-hydrogen) atoms. The lowest BCUT2D eigenvalue weighted by Crippen LogP contribution is -2.27. The summed E-state index contributed by atoms with van der Waals surface area (Å²) in [7, 11) is 1.66. The predicted octanol–water partition coefficient (Wildman–Crippen LogP) is 5.43. The van der Waals surface area contributed by atoms with E-state index in [9.17, 15) is 19.7 Å². The highest BCUT2D eigenvalue weighted by Gasteiger charge is 2.20. The molecule has 0 aliphatic carbocycles. The summed E-state index contributed by atoms with van der Waals surface area (Å²) in [5.74, 6) is -0.874. The van der Waals surface area contributed by atoms with Crippen LogP contribution in [-0.4, -0.2) is 28.7 Å². The van der Waals surface area contributed by atoms with Gasteiger partial charge in [-0.15, -0.1) is 0 Å². The highest BCUT2D eigenvalue weighted by molar-refractivity contribution is 6.34. The molecule has 0 aromatic heterocycles. The van der Waals surface area contributed by atoms with Crippen LogP contribution < -0.4 is 5.32 Å². The lowest BCUT2D eigenvalue weighted by atomic mass is 10.1. The quantitative estimate of drug-likeness (QED) is 0.394. The van der Waals surface area contributed by atoms with E-state index in [1.165, 1.54) is 17.0 Å². The fraction of sp³-hybridized carbons (Fsp3) is 0.0909. The van der Waals surface area contributed by atoms with Gasteiger partial charge in [0, 0.05) is 30.7 Å². The number of rotatable bonds is 6. The number of benzene rings is 3. The van der Waals surface area contributed by atoms with E-state index < -0.39 is 10.8 Å². The Balaban J connectivity index is 1.79. The van der Waals surface area contributed by atoms with E-state index in [2.05, 4.69) is 5.32 Å². The second kappa shape index (κ2) is 9.59. The fourth-order valence-electron chi connectivity index (χ4n) is 2.91. The number of nitro benzene ring substituents is 1. The van der Waals surface area contributed by atoms with Crippen molar-refractivity contribution in [2.24, 2.45) is 0 Å². The molecule has 3 aromatic rings. The molecule has 7 nitrogen and oxygen atoms in total. The van der Waals surface area contributed by atoms with Crippen molar-refractivity contribution in [1.82, 2.24) is 4.90 Å². The number of halogens is 2. The molecule has 1 N–H and O–H groups in total. The van der Waals surface area contributed by atoms with Crippen molar-refractivity contribution in [3.8, 4) is 0 Å². The predicted molar refractivity (Wildman–Crippen MR) is 120 cm³/mol. The Kier molecular flexibility index (Phi) is 6.89. The van der Waals surface area contributed by atoms with Gasteiger partial charge in [-0.1, -0.05) is 47.5 Å². The van der Waals surface area contributed by atoms with E-state index in [1.807, 2.05) is 12.1 Å². The highest BCUT2D eigenvalue weighted by atomic mass is 35.5. The standard InChI is InChI=1S/C22H17Cl2N3O4/c1-26(13-14-6-8-15(23)9-7-14)22(29)18-4-2-3-5-20(18)25-21(28)17-11-10-16(27(30)31)12-19(17)24/h2-12H,13H2,1H3,(H,25,28). The van der Waals surface area contributed by atoms with Gasteiger partial charge >= 0.3 is 0 Å². The number of amides is 2. The van der Waals surface area contributed by atoms with Crippen LogP contribution in [0.15, 0.2) is 66.7 Å². The number of hydrogen-bond donors (Lipinski definition) is 1. The Labute approximate surface area is 188 Å². The van der Waals surface area contributed by atoms with Crippen LogP contribution in [0.4, 0.5) is 11.4 Å². The van der Waals surface area contributed by atoms with E-state index >= 15 is 0 Å². The minimum absolute atomic E-state index is 0.0593. The summed E-state index contributed by atoms with van der Waals surface area (Å²) in [6.07, 6.45) is 0. The molecule has 0 saturated heterocycles. The lowest BCUT2D eigenvalue weighted by molar-refractivity contribution is -0.384. The number of non-ortho nitro benzene ring substituents is 1. The van der Waals surface area contributed by atoms with Gasteiger partial charge in [0.25, 0.3) is 17.5 Å². The third kappa shape index (κ3) is 5.39. The molecule has 0 fully saturated rings. The van der Waals surface area contributed by atoms with Gasteiger partial charge in [0.15, 0.2) is 0 Å². The van der Waals surface area contributed by atoms with E-state index in [1.54, 1.807) is 43.4 Å². The molecular formula is C22H17Cl2N3O4. The van der Waals surface area contributed by atoms with Crippen molar-refractivity contribution in [3.63, 3.8) is 0 Å². The third-order valence-corrected chi connectivity index (χ3v) is 5.06. The molecule has 3 aromatic carbocycles. The number of hydrogen-bond acceptors (Lipinski definition) is 4. The molecular weight excluding hydrogens is 441 g/mol. The Bertz CT molecular complexity index is 1150. The molecule has 0 aliphatic rings. The first kappa shape index (κ1) is 22.3. The average Bonchev–Trinajstić information content (AvgIpc) is 2.75. The molecule has 0 saturated carbocycles. The highest BCUT2D eigenvalue weighted by Crippen LogP contribution is 2.25. The third-order valence-electron chi connectivity index (χ3n) is 4.49. The fourth-order valence-corrected chi connectivity index (χ4v) is 3.30. The number of para-hydroxylation sites is 1. The first-order chi connectivity index (χ1) is 14.8. The topological polar surface area (TPSA) is 92.6 Å². The minimum atomic E-state index is -0.599. The van der Waals surface area contributed by atoms with Gasteiger partial charge in [-0.25, -0.2) is 0 Å². The van der Waals surface area contributed by atoms with Crippen molar-refractivity contribution in [2.45, 2.75) is 6.54 Å². The normalized spacial score (nSPS) is 10.4. The van der Waals surface area contributed by atoms with Crippen LogP contribution in [0.5, 0.6) is 0 Å². The first-order valence-electron chi connectivity index (χ1n) is 9.10. The summed E-state index contributed by atoms with van der Waals surface area (Å²) in [4.78, 5) is 37.4. The van der Waals surface area contributed by atoms with Crippen molar-refractivity contribution in [2.75, 3.05) is 12.4 Å². The van der Waals surface area contributed by atoms with Crippen LogP contribution in [0.25, 0.3) is 0 Å². The maximum Gasteiger partial charge on any atom is 0.270 e. The summed E-state index contributed by atoms with van der Waals surface area (Å²) >= 11 is 11.9. The van der Waals surface area contributed by atoms with Gasteiger partial charge in [-0.05, 0) is 35.9 Å². The molecule has 0 atom stereocenters. The zero-order valence-corrected chi connectivity index (χ0v) is 17.9. The summed E-state index contributed by atoms with van der Waals surface area (Å²) in [5.41, 5.74) is 1.34. The molecule has 0 heterocycles. The number of carbonyl (C=O) groups is 2. The second-order valence-electron chi connectivity index (χ2n) is 6.71. The van der Waals surface area contributed by atoms with Crippen LogP contribution in [0.1, 0.15) is 26.3 Å². The number of anilines is 1. The number of nitrogens with one attached hydrogen (secondary N) is 1. The van der Waals surface area contributed by atoms with Crippen molar-refractivity contribution in [3.05, 3.63) is 104 Å². The maximum absolute atomic E-state index is 13.0. The molecule has 2 amide bonds. The molecule has 0 bridgehead atoms. The van der Waals surface area contributed by atoms with Crippen LogP contribution in [0.2, 0.25) is 10.0 Å². The molecule has 9 heteroatoms. The van der Waals surface area contributed by atoms with E-state index in [0.29, 0.717) is 22.8 Å². The van der Waals surface area contributed by atoms with Gasteiger partial charge in [-0.3, -0.25) is 19.7 Å². The lowest BCUT2D eigenvalue weighted by Gasteiger charge is -2.19. The van der Waals surface area contributed by atoms with E-state index in [0.717, 1.165) is 11.6 Å². The minimum Gasteiger partial charge on any atom is -0.337 e. The molecule has 0 unspecified atom stereocenters. The van der Waals surface area contributed by atoms with Crippen molar-refractivity contribution >= 4 is 46.4 Å².